The van der Waals surface area contributed by atoms with E-state index in [-0.39, 0.29) is 5.91 Å². The van der Waals surface area contributed by atoms with Gasteiger partial charge in [-0.2, -0.15) is 0 Å². The average molecular weight is 258 g/mol. The van der Waals surface area contributed by atoms with Crippen molar-refractivity contribution in [2.24, 2.45) is 0 Å². The Labute approximate surface area is 112 Å². The van der Waals surface area contributed by atoms with E-state index in [1.54, 1.807) is 7.11 Å². The first-order chi connectivity index (χ1) is 9.29. The molecule has 1 aliphatic rings. The van der Waals surface area contributed by atoms with Gasteiger partial charge in [-0.05, 0) is 30.5 Å². The summed E-state index contributed by atoms with van der Waals surface area (Å²) in [6.07, 6.45) is 4.62. The number of carbonyl (C=O) groups is 1. The van der Waals surface area contributed by atoms with Crippen LogP contribution in [0.3, 0.4) is 0 Å². The molecule has 1 aliphatic heterocycles. The molecule has 0 radical (unpaired) electrons. The van der Waals surface area contributed by atoms with Gasteiger partial charge in [0.2, 0.25) is 5.91 Å². The van der Waals surface area contributed by atoms with Gasteiger partial charge in [0.15, 0.2) is 0 Å². The molecule has 0 bridgehead atoms. The highest BCUT2D eigenvalue weighted by Gasteiger charge is 2.20. The van der Waals surface area contributed by atoms with E-state index in [4.69, 9.17) is 4.74 Å². The van der Waals surface area contributed by atoms with Gasteiger partial charge < -0.3 is 14.6 Å². The van der Waals surface area contributed by atoms with Crippen LogP contribution in [0.1, 0.15) is 18.4 Å². The maximum absolute atomic E-state index is 12.2. The molecule has 2 aromatic rings. The van der Waals surface area contributed by atoms with Gasteiger partial charge in [-0.3, -0.25) is 4.79 Å². The maximum Gasteiger partial charge on any atom is 0.227 e. The van der Waals surface area contributed by atoms with Crippen LogP contribution in [0.15, 0.2) is 24.4 Å². The first kappa shape index (κ1) is 12.1. The molecular formula is C15H18N2O2. The Balaban J connectivity index is 1.90. The van der Waals surface area contributed by atoms with Crippen molar-refractivity contribution in [1.82, 2.24) is 9.88 Å². The smallest absolute Gasteiger partial charge is 0.227 e. The molecule has 100 valence electrons. The van der Waals surface area contributed by atoms with Crippen LogP contribution in [0.25, 0.3) is 10.9 Å². The quantitative estimate of drug-likeness (QED) is 0.918. The summed E-state index contributed by atoms with van der Waals surface area (Å²) < 4.78 is 5.39. The Hall–Kier alpha value is -1.97. The molecule has 1 amide bonds. The molecule has 19 heavy (non-hydrogen) atoms. The fraction of sp³-hybridized carbons (Fsp3) is 0.400. The molecule has 0 unspecified atom stereocenters. The standard InChI is InChI=1S/C15H18N2O2/c1-19-13-6-4-5-12-15(13)11(10-16-12)9-14(18)17-7-2-3-8-17/h4-6,10,16H,2-3,7-9H2,1H3. The second-order valence-electron chi connectivity index (χ2n) is 4.96. The molecule has 0 saturated carbocycles. The molecule has 4 heteroatoms. The highest BCUT2D eigenvalue weighted by Crippen LogP contribution is 2.29. The van der Waals surface area contributed by atoms with Crippen LogP contribution >= 0.6 is 0 Å². The van der Waals surface area contributed by atoms with Crippen LogP contribution in [0.5, 0.6) is 5.75 Å². The van der Waals surface area contributed by atoms with E-state index in [1.165, 1.54) is 0 Å². The molecular weight excluding hydrogens is 240 g/mol. The molecule has 4 nitrogen and oxygen atoms in total. The summed E-state index contributed by atoms with van der Waals surface area (Å²) in [6.45, 7) is 1.80. The Bertz CT molecular complexity index is 597. The molecule has 0 aliphatic carbocycles. The van der Waals surface area contributed by atoms with Crippen molar-refractivity contribution in [2.75, 3.05) is 20.2 Å². The normalized spacial score (nSPS) is 15.1. The largest absolute Gasteiger partial charge is 0.496 e. The van der Waals surface area contributed by atoms with Crippen LogP contribution in [-0.4, -0.2) is 36.0 Å². The van der Waals surface area contributed by atoms with Crippen molar-refractivity contribution < 1.29 is 9.53 Å². The number of nitrogens with one attached hydrogen (secondary N) is 1. The number of amides is 1. The van der Waals surface area contributed by atoms with Crippen LogP contribution in [0, 0.1) is 0 Å². The maximum atomic E-state index is 12.2. The molecule has 1 aromatic heterocycles. The molecule has 3 rings (SSSR count). The number of hydrogen-bond donors (Lipinski definition) is 1. The first-order valence-electron chi connectivity index (χ1n) is 6.70. The number of ether oxygens (including phenoxy) is 1. The summed E-state index contributed by atoms with van der Waals surface area (Å²) in [5.41, 5.74) is 2.04. The van der Waals surface area contributed by atoms with Crippen LogP contribution in [0.4, 0.5) is 0 Å². The fourth-order valence-corrected chi connectivity index (χ4v) is 2.77. The Morgan fingerprint density at radius 1 is 1.37 bits per heavy atom. The molecule has 1 fully saturated rings. The van der Waals surface area contributed by atoms with E-state index in [0.717, 1.165) is 48.1 Å². The zero-order valence-electron chi connectivity index (χ0n) is 11.1. The summed E-state index contributed by atoms with van der Waals surface area (Å²) in [5.74, 6) is 1.03. The number of aromatic nitrogens is 1. The van der Waals surface area contributed by atoms with Crippen molar-refractivity contribution in [2.45, 2.75) is 19.3 Å². The molecule has 1 N–H and O–H groups in total. The summed E-state index contributed by atoms with van der Waals surface area (Å²) in [4.78, 5) is 17.4. The lowest BCUT2D eigenvalue weighted by molar-refractivity contribution is -0.129. The van der Waals surface area contributed by atoms with Gasteiger partial charge in [0.05, 0.1) is 13.5 Å². The topological polar surface area (TPSA) is 45.3 Å². The molecule has 1 saturated heterocycles. The third-order valence-corrected chi connectivity index (χ3v) is 3.77. The second-order valence-corrected chi connectivity index (χ2v) is 4.96. The predicted molar refractivity (Wildman–Crippen MR) is 74.4 cm³/mol. The molecule has 0 atom stereocenters. The second kappa shape index (κ2) is 4.96. The van der Waals surface area contributed by atoms with Crippen molar-refractivity contribution in [1.29, 1.82) is 0 Å². The number of carbonyl (C=O) groups excluding carboxylic acids is 1. The van der Waals surface area contributed by atoms with Crippen LogP contribution < -0.4 is 4.74 Å². The summed E-state index contributed by atoms with van der Waals surface area (Å²) in [5, 5.41) is 1.03. The monoisotopic (exact) mass is 258 g/mol. The lowest BCUT2D eigenvalue weighted by Gasteiger charge is -2.14. The number of aromatic amines is 1. The molecule has 2 heterocycles. The molecule has 0 spiro atoms. The first-order valence-corrected chi connectivity index (χ1v) is 6.70. The van der Waals surface area contributed by atoms with Gasteiger partial charge in [0.25, 0.3) is 0 Å². The number of nitrogens with zero attached hydrogens (tertiary/aromatic N) is 1. The number of fused-ring (bicyclic) bond motifs is 1. The SMILES string of the molecule is COc1cccc2[nH]cc(CC(=O)N3CCCC3)c12. The third kappa shape index (κ3) is 2.18. The Morgan fingerprint density at radius 3 is 2.89 bits per heavy atom. The number of benzene rings is 1. The number of rotatable bonds is 3. The van der Waals surface area contributed by atoms with E-state index in [2.05, 4.69) is 4.98 Å². The number of methoxy groups -OCH3 is 1. The Morgan fingerprint density at radius 2 is 2.16 bits per heavy atom. The van der Waals surface area contributed by atoms with Crippen molar-refractivity contribution in [3.8, 4) is 5.75 Å². The fourth-order valence-electron chi connectivity index (χ4n) is 2.77. The van der Waals surface area contributed by atoms with Crippen LogP contribution in [0.2, 0.25) is 0 Å². The highest BCUT2D eigenvalue weighted by molar-refractivity contribution is 5.93. The minimum atomic E-state index is 0.212. The minimum absolute atomic E-state index is 0.212. The highest BCUT2D eigenvalue weighted by atomic mass is 16.5. The van der Waals surface area contributed by atoms with Crippen molar-refractivity contribution in [3.63, 3.8) is 0 Å². The zero-order chi connectivity index (χ0) is 13.2. The van der Waals surface area contributed by atoms with E-state index >= 15 is 0 Å². The summed E-state index contributed by atoms with van der Waals surface area (Å²) in [7, 11) is 1.66. The van der Waals surface area contributed by atoms with E-state index in [0.29, 0.717) is 6.42 Å². The Kier molecular flexibility index (Phi) is 3.15. The minimum Gasteiger partial charge on any atom is -0.496 e. The van der Waals surface area contributed by atoms with Crippen LogP contribution in [-0.2, 0) is 11.2 Å². The van der Waals surface area contributed by atoms with Crippen molar-refractivity contribution in [3.05, 3.63) is 30.0 Å². The van der Waals surface area contributed by atoms with E-state index in [9.17, 15) is 4.79 Å². The van der Waals surface area contributed by atoms with Gasteiger partial charge in [-0.15, -0.1) is 0 Å². The zero-order valence-corrected chi connectivity index (χ0v) is 11.1. The number of H-pyrrole nitrogens is 1. The average Bonchev–Trinajstić information content (AvgIpc) is 3.08. The number of hydrogen-bond acceptors (Lipinski definition) is 2. The summed E-state index contributed by atoms with van der Waals surface area (Å²) in [6, 6.07) is 5.88. The van der Waals surface area contributed by atoms with E-state index in [1.807, 2.05) is 29.3 Å². The number of likely N-dealkylation sites (tertiary alicyclic amines) is 1. The lowest BCUT2D eigenvalue weighted by Crippen LogP contribution is -2.28. The lowest BCUT2D eigenvalue weighted by atomic mass is 10.1. The van der Waals surface area contributed by atoms with Gasteiger partial charge in [-0.1, -0.05) is 6.07 Å². The summed E-state index contributed by atoms with van der Waals surface area (Å²) >= 11 is 0. The third-order valence-electron chi connectivity index (χ3n) is 3.77. The van der Waals surface area contributed by atoms with Gasteiger partial charge in [0, 0.05) is 30.2 Å². The van der Waals surface area contributed by atoms with Gasteiger partial charge in [-0.25, -0.2) is 0 Å². The van der Waals surface area contributed by atoms with E-state index < -0.39 is 0 Å². The van der Waals surface area contributed by atoms with Crippen molar-refractivity contribution >= 4 is 16.8 Å². The van der Waals surface area contributed by atoms with Gasteiger partial charge >= 0.3 is 0 Å². The van der Waals surface area contributed by atoms with Gasteiger partial charge in [0.1, 0.15) is 5.75 Å². The molecule has 1 aromatic carbocycles. The predicted octanol–water partition coefficient (Wildman–Crippen LogP) is 2.34.